The van der Waals surface area contributed by atoms with Crippen LogP contribution in [0, 0.1) is 0 Å². The lowest BCUT2D eigenvalue weighted by atomic mass is 10.00. The van der Waals surface area contributed by atoms with Crippen LogP contribution in [0.3, 0.4) is 0 Å². The van der Waals surface area contributed by atoms with Crippen molar-refractivity contribution in [1.82, 2.24) is 9.21 Å². The summed E-state index contributed by atoms with van der Waals surface area (Å²) in [5.41, 5.74) is 1.63. The first-order valence-electron chi connectivity index (χ1n) is 10.6. The molecule has 3 aliphatic rings. The standard InChI is InChI=1S/C21H26N4O5S2/c1-3-24(4-2)32(29,30)17-9-10-19-16(15-17)7-5-12-25(19)21(26)18-8-6-11-23-13-14-31(27,28)22-20(18)23/h6,8-11,15H,3-5,7,12-14H2,1-2H3. The van der Waals surface area contributed by atoms with E-state index >= 15 is 0 Å². The largest absolute Gasteiger partial charge is 0.331 e. The van der Waals surface area contributed by atoms with Gasteiger partial charge < -0.3 is 9.80 Å². The van der Waals surface area contributed by atoms with Gasteiger partial charge in [0.25, 0.3) is 15.9 Å². The normalized spacial score (nSPS) is 19.8. The molecule has 0 saturated heterocycles. The number of hydrogen-bond acceptors (Lipinski definition) is 6. The van der Waals surface area contributed by atoms with Crippen LogP contribution in [-0.4, -0.2) is 69.7 Å². The molecule has 0 spiro atoms. The fourth-order valence-corrected chi connectivity index (χ4v) is 6.68. The van der Waals surface area contributed by atoms with Crippen molar-refractivity contribution in [1.29, 1.82) is 0 Å². The van der Waals surface area contributed by atoms with Crippen LogP contribution in [0.5, 0.6) is 0 Å². The number of anilines is 1. The third kappa shape index (κ3) is 4.00. The van der Waals surface area contributed by atoms with E-state index in [2.05, 4.69) is 4.40 Å². The van der Waals surface area contributed by atoms with E-state index in [9.17, 15) is 21.6 Å². The van der Waals surface area contributed by atoms with E-state index < -0.39 is 20.0 Å². The molecule has 11 heteroatoms. The molecule has 1 amide bonds. The van der Waals surface area contributed by atoms with Crippen LogP contribution < -0.4 is 4.90 Å². The maximum absolute atomic E-state index is 13.5. The van der Waals surface area contributed by atoms with Crippen molar-refractivity contribution >= 4 is 37.5 Å². The lowest BCUT2D eigenvalue weighted by Crippen LogP contribution is -2.44. The number of amidine groups is 1. The summed E-state index contributed by atoms with van der Waals surface area (Å²) in [6.07, 6.45) is 6.31. The number of nitrogens with zero attached hydrogens (tertiary/aromatic N) is 4. The highest BCUT2D eigenvalue weighted by atomic mass is 32.2. The average Bonchev–Trinajstić information content (AvgIpc) is 2.77. The third-order valence-electron chi connectivity index (χ3n) is 5.85. The summed E-state index contributed by atoms with van der Waals surface area (Å²) in [5.74, 6) is -0.314. The Balaban J connectivity index is 1.69. The molecule has 9 nitrogen and oxygen atoms in total. The number of hydrogen-bond donors (Lipinski definition) is 0. The zero-order chi connectivity index (χ0) is 23.1. The van der Waals surface area contributed by atoms with Crippen LogP contribution in [0.25, 0.3) is 0 Å². The first-order chi connectivity index (χ1) is 15.2. The average molecular weight is 479 g/mol. The second-order valence-corrected chi connectivity index (χ2v) is 11.4. The van der Waals surface area contributed by atoms with Gasteiger partial charge in [0.15, 0.2) is 5.84 Å². The zero-order valence-corrected chi connectivity index (χ0v) is 19.7. The zero-order valence-electron chi connectivity index (χ0n) is 18.1. The van der Waals surface area contributed by atoms with E-state index in [-0.39, 0.29) is 34.5 Å². The molecule has 0 aliphatic carbocycles. The molecule has 0 saturated carbocycles. The predicted molar refractivity (Wildman–Crippen MR) is 122 cm³/mol. The molecule has 0 fully saturated rings. The maximum atomic E-state index is 13.5. The number of allylic oxidation sites excluding steroid dienone is 2. The molecule has 0 bridgehead atoms. The van der Waals surface area contributed by atoms with Crippen LogP contribution in [-0.2, 0) is 31.3 Å². The molecule has 1 aromatic rings. The van der Waals surface area contributed by atoms with Crippen LogP contribution >= 0.6 is 0 Å². The molecule has 172 valence electrons. The Hall–Kier alpha value is -2.50. The van der Waals surface area contributed by atoms with Crippen molar-refractivity contribution in [3.63, 3.8) is 0 Å². The van der Waals surface area contributed by atoms with Crippen molar-refractivity contribution in [3.05, 3.63) is 47.7 Å². The summed E-state index contributed by atoms with van der Waals surface area (Å²) >= 11 is 0. The SMILES string of the molecule is CCN(CC)S(=O)(=O)c1ccc2c(c1)CCCN2C(=O)C1=CC=CN2CCS(=O)(=O)N=C12. The second kappa shape index (κ2) is 8.45. The Morgan fingerprint density at radius 2 is 1.94 bits per heavy atom. The highest BCUT2D eigenvalue weighted by Gasteiger charge is 2.34. The Kier molecular flexibility index (Phi) is 5.99. The molecule has 1 aromatic carbocycles. The molecule has 0 aromatic heterocycles. The fourth-order valence-electron chi connectivity index (χ4n) is 4.19. The topological polar surface area (TPSA) is 107 Å². The number of amides is 1. The molecular weight excluding hydrogens is 452 g/mol. The van der Waals surface area contributed by atoms with Gasteiger partial charge in [0.05, 0.1) is 16.2 Å². The number of rotatable bonds is 5. The lowest BCUT2D eigenvalue weighted by molar-refractivity contribution is -0.114. The monoisotopic (exact) mass is 478 g/mol. The van der Waals surface area contributed by atoms with Gasteiger partial charge in [0.2, 0.25) is 10.0 Å². The Labute approximate surface area is 188 Å². The minimum Gasteiger partial charge on any atom is -0.331 e. The van der Waals surface area contributed by atoms with Crippen LogP contribution in [0.1, 0.15) is 25.8 Å². The lowest BCUT2D eigenvalue weighted by Gasteiger charge is -2.34. The first-order valence-corrected chi connectivity index (χ1v) is 13.7. The molecule has 4 rings (SSSR count). The van der Waals surface area contributed by atoms with Gasteiger partial charge in [-0.05, 0) is 48.8 Å². The molecule has 0 atom stereocenters. The van der Waals surface area contributed by atoms with E-state index in [1.807, 2.05) is 0 Å². The van der Waals surface area contributed by atoms with Gasteiger partial charge in [0.1, 0.15) is 0 Å². The second-order valence-electron chi connectivity index (χ2n) is 7.76. The number of aryl methyl sites for hydroxylation is 1. The summed E-state index contributed by atoms with van der Waals surface area (Å²) < 4.78 is 55.1. The summed E-state index contributed by atoms with van der Waals surface area (Å²) in [6, 6.07) is 4.84. The molecule has 0 radical (unpaired) electrons. The Bertz CT molecular complexity index is 1240. The van der Waals surface area contributed by atoms with E-state index in [0.29, 0.717) is 38.2 Å². The van der Waals surface area contributed by atoms with Crippen molar-refractivity contribution in [3.8, 4) is 0 Å². The van der Waals surface area contributed by atoms with Crippen LogP contribution in [0.2, 0.25) is 0 Å². The van der Waals surface area contributed by atoms with Crippen molar-refractivity contribution in [2.75, 3.05) is 36.8 Å². The first kappa shape index (κ1) is 22.7. The van der Waals surface area contributed by atoms with Crippen LogP contribution in [0.15, 0.2) is 51.4 Å². The number of sulfonamides is 2. The summed E-state index contributed by atoms with van der Waals surface area (Å²) in [4.78, 5) is 16.9. The number of carbonyl (C=O) groups excluding carboxylic acids is 1. The predicted octanol–water partition coefficient (Wildman–Crippen LogP) is 1.49. The highest BCUT2D eigenvalue weighted by molar-refractivity contribution is 7.90. The van der Waals surface area contributed by atoms with Gasteiger partial charge in [-0.3, -0.25) is 4.79 Å². The third-order valence-corrected chi connectivity index (χ3v) is 9.04. The Morgan fingerprint density at radius 1 is 1.19 bits per heavy atom. The molecule has 3 aliphatic heterocycles. The summed E-state index contributed by atoms with van der Waals surface area (Å²) in [6.45, 7) is 5.04. The summed E-state index contributed by atoms with van der Waals surface area (Å²) in [7, 11) is -7.22. The number of carbonyl (C=O) groups is 1. The van der Waals surface area contributed by atoms with E-state index in [4.69, 9.17) is 0 Å². The minimum atomic E-state index is -3.62. The van der Waals surface area contributed by atoms with E-state index in [0.717, 1.165) is 5.56 Å². The number of fused-ring (bicyclic) bond motifs is 2. The van der Waals surface area contributed by atoms with Gasteiger partial charge in [-0.15, -0.1) is 4.40 Å². The molecule has 3 heterocycles. The Morgan fingerprint density at radius 3 is 2.66 bits per heavy atom. The molecule has 32 heavy (non-hydrogen) atoms. The van der Waals surface area contributed by atoms with Crippen LogP contribution in [0.4, 0.5) is 5.69 Å². The van der Waals surface area contributed by atoms with Gasteiger partial charge >= 0.3 is 0 Å². The van der Waals surface area contributed by atoms with Crippen molar-refractivity contribution in [2.24, 2.45) is 4.40 Å². The maximum Gasteiger partial charge on any atom is 0.262 e. The van der Waals surface area contributed by atoms with E-state index in [1.165, 1.54) is 10.4 Å². The van der Waals surface area contributed by atoms with Gasteiger partial charge in [-0.2, -0.15) is 4.31 Å². The molecular formula is C21H26N4O5S2. The fraction of sp³-hybridized carbons (Fsp3) is 0.429. The smallest absolute Gasteiger partial charge is 0.262 e. The number of benzene rings is 1. The summed E-state index contributed by atoms with van der Waals surface area (Å²) in [5, 5.41) is 0. The van der Waals surface area contributed by atoms with Gasteiger partial charge in [-0.1, -0.05) is 13.8 Å². The highest BCUT2D eigenvalue weighted by Crippen LogP contribution is 2.32. The van der Waals surface area contributed by atoms with Crippen molar-refractivity contribution in [2.45, 2.75) is 31.6 Å². The van der Waals surface area contributed by atoms with Gasteiger partial charge in [0, 0.05) is 38.1 Å². The minimum absolute atomic E-state index is 0.0986. The quantitative estimate of drug-likeness (QED) is 0.635. The van der Waals surface area contributed by atoms with Gasteiger partial charge in [-0.25, -0.2) is 16.8 Å². The molecule has 0 unspecified atom stereocenters. The molecule has 0 N–H and O–H groups in total. The van der Waals surface area contributed by atoms with Crippen molar-refractivity contribution < 1.29 is 21.6 Å². The van der Waals surface area contributed by atoms with E-state index in [1.54, 1.807) is 54.1 Å².